The van der Waals surface area contributed by atoms with Gasteiger partial charge in [-0.25, -0.2) is 0 Å². The molecular formula is C20H18O2. The minimum absolute atomic E-state index is 0.169. The van der Waals surface area contributed by atoms with Crippen LogP contribution < -0.4 is 0 Å². The first-order chi connectivity index (χ1) is 10.7. The van der Waals surface area contributed by atoms with Gasteiger partial charge in [-0.15, -0.1) is 0 Å². The maximum absolute atomic E-state index is 8.65. The van der Waals surface area contributed by atoms with Crippen LogP contribution in [0.2, 0.25) is 0 Å². The van der Waals surface area contributed by atoms with Crippen molar-refractivity contribution in [2.75, 3.05) is 0 Å². The first-order valence-corrected chi connectivity index (χ1v) is 7.00. The van der Waals surface area contributed by atoms with Gasteiger partial charge >= 0.3 is 0 Å². The molecule has 0 atom stereocenters. The minimum Gasteiger partial charge on any atom is -0.508 e. The third-order valence-electron chi connectivity index (χ3n) is 2.92. The molecule has 22 heavy (non-hydrogen) atoms. The Morgan fingerprint density at radius 3 is 1.09 bits per heavy atom. The van der Waals surface area contributed by atoms with E-state index in [1.807, 2.05) is 36.4 Å². The molecular weight excluding hydrogens is 272 g/mol. The zero-order chi connectivity index (χ0) is 15.6. The number of rotatable bonds is 2. The largest absolute Gasteiger partial charge is 0.508 e. The summed E-state index contributed by atoms with van der Waals surface area (Å²) in [6, 6.07) is 26.3. The molecule has 2 nitrogen and oxygen atoms in total. The van der Waals surface area contributed by atoms with E-state index in [-0.39, 0.29) is 11.5 Å². The Morgan fingerprint density at radius 1 is 0.455 bits per heavy atom. The molecule has 0 radical (unpaired) electrons. The Balaban J connectivity index is 0.000000188. The van der Waals surface area contributed by atoms with Crippen molar-refractivity contribution in [3.8, 4) is 11.5 Å². The zero-order valence-corrected chi connectivity index (χ0v) is 12.1. The van der Waals surface area contributed by atoms with Crippen LogP contribution >= 0.6 is 0 Å². The number of phenolic OH excluding ortho intramolecular Hbond substituents is 2. The van der Waals surface area contributed by atoms with Gasteiger partial charge in [-0.2, -0.15) is 0 Å². The Hall–Kier alpha value is -3.00. The minimum atomic E-state index is 0.169. The van der Waals surface area contributed by atoms with Gasteiger partial charge in [0.25, 0.3) is 0 Å². The van der Waals surface area contributed by atoms with E-state index in [9.17, 15) is 0 Å². The molecule has 0 fully saturated rings. The van der Waals surface area contributed by atoms with Crippen LogP contribution in [-0.2, 0) is 0 Å². The van der Waals surface area contributed by atoms with E-state index in [0.717, 1.165) is 0 Å². The molecule has 0 spiro atoms. The van der Waals surface area contributed by atoms with Crippen molar-refractivity contribution >= 4 is 12.2 Å². The van der Waals surface area contributed by atoms with Crippen LogP contribution in [0, 0.1) is 0 Å². The highest BCUT2D eigenvalue weighted by Gasteiger charge is 1.85. The van der Waals surface area contributed by atoms with E-state index in [1.165, 1.54) is 35.4 Å². The van der Waals surface area contributed by atoms with E-state index in [1.54, 1.807) is 0 Å². The number of phenols is 2. The van der Waals surface area contributed by atoms with Crippen LogP contribution in [-0.4, -0.2) is 10.2 Å². The number of aromatic hydroxyl groups is 2. The standard InChI is InChI=1S/C14H12.C6H6O2/c1-3-7-13(8-4-1)11-12-14-9-5-2-6-10-14;7-5-1-2-6(8)4-3-5/h1-12H;1-4,7-8H. The van der Waals surface area contributed by atoms with E-state index in [0.29, 0.717) is 0 Å². The lowest BCUT2D eigenvalue weighted by Crippen LogP contribution is -1.70. The predicted octanol–water partition coefficient (Wildman–Crippen LogP) is 4.95. The maximum atomic E-state index is 8.65. The summed E-state index contributed by atoms with van der Waals surface area (Å²) in [6.07, 6.45) is 4.24. The second kappa shape index (κ2) is 8.32. The van der Waals surface area contributed by atoms with Crippen molar-refractivity contribution in [3.63, 3.8) is 0 Å². The van der Waals surface area contributed by atoms with Crippen LogP contribution in [0.5, 0.6) is 11.5 Å². The first-order valence-electron chi connectivity index (χ1n) is 7.00. The Bertz CT molecular complexity index is 624. The third kappa shape index (κ3) is 5.55. The average molecular weight is 290 g/mol. The molecule has 0 bridgehead atoms. The lowest BCUT2D eigenvalue weighted by Gasteiger charge is -1.92. The molecule has 0 aliphatic carbocycles. The highest BCUT2D eigenvalue weighted by atomic mass is 16.3. The predicted molar refractivity (Wildman–Crippen MR) is 91.6 cm³/mol. The molecule has 0 aliphatic rings. The average Bonchev–Trinajstić information content (AvgIpc) is 2.58. The molecule has 2 heteroatoms. The van der Waals surface area contributed by atoms with Crippen LogP contribution in [0.25, 0.3) is 12.2 Å². The van der Waals surface area contributed by atoms with Crippen molar-refractivity contribution in [2.45, 2.75) is 0 Å². The fourth-order valence-corrected chi connectivity index (χ4v) is 1.77. The molecule has 3 aromatic carbocycles. The quantitative estimate of drug-likeness (QED) is 0.517. The fourth-order valence-electron chi connectivity index (χ4n) is 1.77. The van der Waals surface area contributed by atoms with Crippen molar-refractivity contribution < 1.29 is 10.2 Å². The summed E-state index contributed by atoms with van der Waals surface area (Å²) >= 11 is 0. The van der Waals surface area contributed by atoms with Gasteiger partial charge in [-0.1, -0.05) is 72.8 Å². The van der Waals surface area contributed by atoms with Crippen molar-refractivity contribution in [1.82, 2.24) is 0 Å². The summed E-state index contributed by atoms with van der Waals surface area (Å²) in [7, 11) is 0. The highest BCUT2D eigenvalue weighted by Crippen LogP contribution is 2.13. The summed E-state index contributed by atoms with van der Waals surface area (Å²) in [5, 5.41) is 17.3. The Kier molecular flexibility index (Phi) is 5.82. The molecule has 0 saturated heterocycles. The zero-order valence-electron chi connectivity index (χ0n) is 12.1. The molecule has 110 valence electrons. The summed E-state index contributed by atoms with van der Waals surface area (Å²) in [6.45, 7) is 0. The number of hydrogen-bond donors (Lipinski definition) is 2. The van der Waals surface area contributed by atoms with E-state index < -0.39 is 0 Å². The molecule has 0 heterocycles. The second-order valence-electron chi connectivity index (χ2n) is 4.67. The molecule has 0 aliphatic heterocycles. The maximum Gasteiger partial charge on any atom is 0.115 e. The monoisotopic (exact) mass is 290 g/mol. The third-order valence-corrected chi connectivity index (χ3v) is 2.92. The second-order valence-corrected chi connectivity index (χ2v) is 4.67. The summed E-state index contributed by atoms with van der Waals surface area (Å²) in [4.78, 5) is 0. The molecule has 0 amide bonds. The fraction of sp³-hybridized carbons (Fsp3) is 0. The number of hydrogen-bond acceptors (Lipinski definition) is 2. The van der Waals surface area contributed by atoms with Crippen LogP contribution in [0.3, 0.4) is 0 Å². The van der Waals surface area contributed by atoms with Gasteiger partial charge in [0.2, 0.25) is 0 Å². The molecule has 0 saturated carbocycles. The Morgan fingerprint density at radius 2 is 0.773 bits per heavy atom. The molecule has 3 rings (SSSR count). The van der Waals surface area contributed by atoms with Gasteiger partial charge in [-0.3, -0.25) is 0 Å². The first kappa shape index (κ1) is 15.4. The van der Waals surface area contributed by atoms with Gasteiger partial charge in [0.05, 0.1) is 0 Å². The SMILES string of the molecule is C(=Cc1ccccc1)c1ccccc1.Oc1ccc(O)cc1. The van der Waals surface area contributed by atoms with E-state index >= 15 is 0 Å². The van der Waals surface area contributed by atoms with Gasteiger partial charge in [0.1, 0.15) is 11.5 Å². The normalized spacial score (nSPS) is 10.0. The van der Waals surface area contributed by atoms with Crippen LogP contribution in [0.15, 0.2) is 84.9 Å². The van der Waals surface area contributed by atoms with Gasteiger partial charge in [-0.05, 0) is 35.4 Å². The molecule has 3 aromatic rings. The smallest absolute Gasteiger partial charge is 0.115 e. The van der Waals surface area contributed by atoms with Gasteiger partial charge in [0, 0.05) is 0 Å². The molecule has 0 aromatic heterocycles. The van der Waals surface area contributed by atoms with Crippen LogP contribution in [0.4, 0.5) is 0 Å². The summed E-state index contributed by atoms with van der Waals surface area (Å²) < 4.78 is 0. The summed E-state index contributed by atoms with van der Waals surface area (Å²) in [5.74, 6) is 0.339. The lowest BCUT2D eigenvalue weighted by atomic mass is 10.1. The number of benzene rings is 3. The van der Waals surface area contributed by atoms with Gasteiger partial charge < -0.3 is 10.2 Å². The van der Waals surface area contributed by atoms with Crippen molar-refractivity contribution in [1.29, 1.82) is 0 Å². The van der Waals surface area contributed by atoms with Gasteiger partial charge in [0.15, 0.2) is 0 Å². The highest BCUT2D eigenvalue weighted by molar-refractivity contribution is 5.69. The van der Waals surface area contributed by atoms with E-state index in [2.05, 4.69) is 36.4 Å². The lowest BCUT2D eigenvalue weighted by molar-refractivity contribution is 0.460. The topological polar surface area (TPSA) is 40.5 Å². The molecule has 0 unspecified atom stereocenters. The molecule has 2 N–H and O–H groups in total. The van der Waals surface area contributed by atoms with Crippen molar-refractivity contribution in [3.05, 3.63) is 96.1 Å². The van der Waals surface area contributed by atoms with E-state index in [4.69, 9.17) is 10.2 Å². The van der Waals surface area contributed by atoms with Crippen molar-refractivity contribution in [2.24, 2.45) is 0 Å². The Labute approximate surface area is 130 Å². The summed E-state index contributed by atoms with van der Waals surface area (Å²) in [5.41, 5.74) is 2.47. The van der Waals surface area contributed by atoms with Crippen LogP contribution in [0.1, 0.15) is 11.1 Å².